The summed E-state index contributed by atoms with van der Waals surface area (Å²) in [7, 11) is -3.27. The predicted molar refractivity (Wildman–Crippen MR) is 57.3 cm³/mol. The maximum absolute atomic E-state index is 13.8. The third-order valence-electron chi connectivity index (χ3n) is 3.64. The maximum atomic E-state index is 13.8. The average Bonchev–Trinajstić information content (AvgIpc) is 2.07. The van der Waals surface area contributed by atoms with Crippen molar-refractivity contribution in [2.45, 2.75) is 25.8 Å². The normalized spacial score (nSPS) is 37.6. The van der Waals surface area contributed by atoms with Crippen LogP contribution in [-0.2, 0) is 9.84 Å². The molecule has 6 heteroatoms. The topological polar surface area (TPSA) is 37.4 Å². The molecule has 2 saturated heterocycles. The van der Waals surface area contributed by atoms with E-state index in [4.69, 9.17) is 0 Å². The minimum absolute atomic E-state index is 0.195. The van der Waals surface area contributed by atoms with Crippen molar-refractivity contribution in [1.82, 2.24) is 4.90 Å². The largest absolute Gasteiger partial charge is 0.300 e. The second-order valence-corrected chi connectivity index (χ2v) is 7.35. The van der Waals surface area contributed by atoms with Crippen LogP contribution in [0.1, 0.15) is 13.8 Å². The van der Waals surface area contributed by atoms with E-state index in [-0.39, 0.29) is 30.6 Å². The number of rotatable bonds is 1. The van der Waals surface area contributed by atoms with Crippen molar-refractivity contribution in [2.24, 2.45) is 11.8 Å². The SMILES string of the molecule is CC(C)N1CC2CS(=O)(=O)CC(C1)C2(F)F. The molecule has 16 heavy (non-hydrogen) atoms. The molecule has 0 amide bonds. The highest BCUT2D eigenvalue weighted by Crippen LogP contribution is 2.43. The zero-order chi connectivity index (χ0) is 12.1. The molecule has 2 rings (SSSR count). The van der Waals surface area contributed by atoms with Crippen LogP contribution in [0.4, 0.5) is 8.78 Å². The fourth-order valence-corrected chi connectivity index (χ4v) is 4.67. The summed E-state index contributed by atoms with van der Waals surface area (Å²) in [4.78, 5) is 1.96. The molecule has 3 nitrogen and oxygen atoms in total. The lowest BCUT2D eigenvalue weighted by atomic mass is 9.86. The Morgan fingerprint density at radius 1 is 1.19 bits per heavy atom. The quantitative estimate of drug-likeness (QED) is 0.700. The third-order valence-corrected chi connectivity index (χ3v) is 5.46. The number of likely N-dealkylation sites (tertiary alicyclic amines) is 1. The van der Waals surface area contributed by atoms with Crippen LogP contribution in [0.15, 0.2) is 0 Å². The van der Waals surface area contributed by atoms with E-state index in [1.54, 1.807) is 0 Å². The lowest BCUT2D eigenvalue weighted by molar-refractivity contribution is -0.145. The second-order valence-electron chi connectivity index (χ2n) is 5.19. The minimum atomic E-state index is -3.27. The molecule has 0 aliphatic carbocycles. The number of hydrogen-bond donors (Lipinski definition) is 0. The Morgan fingerprint density at radius 3 is 2.00 bits per heavy atom. The van der Waals surface area contributed by atoms with Crippen molar-refractivity contribution in [3.05, 3.63) is 0 Å². The number of alkyl halides is 2. The van der Waals surface area contributed by atoms with Crippen LogP contribution in [0.25, 0.3) is 0 Å². The van der Waals surface area contributed by atoms with Gasteiger partial charge in [0.25, 0.3) is 5.92 Å². The van der Waals surface area contributed by atoms with Gasteiger partial charge in [0.05, 0.1) is 11.5 Å². The Balaban J connectivity index is 2.26. The molecule has 0 N–H and O–H groups in total. The molecule has 2 fully saturated rings. The monoisotopic (exact) mass is 253 g/mol. The Kier molecular flexibility index (Phi) is 2.78. The smallest absolute Gasteiger partial charge is 0.258 e. The lowest BCUT2D eigenvalue weighted by Crippen LogP contribution is -2.62. The van der Waals surface area contributed by atoms with Gasteiger partial charge >= 0.3 is 0 Å². The summed E-state index contributed by atoms with van der Waals surface area (Å²) >= 11 is 0. The number of halogens is 2. The number of fused-ring (bicyclic) bond motifs is 2. The van der Waals surface area contributed by atoms with Crippen molar-refractivity contribution < 1.29 is 17.2 Å². The first kappa shape index (κ1) is 12.2. The van der Waals surface area contributed by atoms with E-state index in [1.165, 1.54) is 0 Å². The van der Waals surface area contributed by atoms with Gasteiger partial charge in [0.2, 0.25) is 0 Å². The first-order valence-electron chi connectivity index (χ1n) is 5.54. The van der Waals surface area contributed by atoms with Crippen molar-refractivity contribution in [2.75, 3.05) is 24.6 Å². The summed E-state index contributed by atoms with van der Waals surface area (Å²) in [6.07, 6.45) is 0. The highest BCUT2D eigenvalue weighted by atomic mass is 32.2. The second kappa shape index (κ2) is 3.63. The molecule has 2 unspecified atom stereocenters. The van der Waals surface area contributed by atoms with Crippen LogP contribution in [-0.4, -0.2) is 49.9 Å². The summed E-state index contributed by atoms with van der Waals surface area (Å²) < 4.78 is 50.6. The van der Waals surface area contributed by atoms with Gasteiger partial charge in [-0.1, -0.05) is 0 Å². The Hall–Kier alpha value is -0.230. The van der Waals surface area contributed by atoms with Gasteiger partial charge in [0.1, 0.15) is 0 Å². The summed E-state index contributed by atoms with van der Waals surface area (Å²) in [5, 5.41) is 0. The number of piperidine rings is 1. The molecule has 0 aromatic carbocycles. The van der Waals surface area contributed by atoms with Crippen LogP contribution in [0, 0.1) is 11.8 Å². The Morgan fingerprint density at radius 2 is 1.62 bits per heavy atom. The molecule has 0 saturated carbocycles. The van der Waals surface area contributed by atoms with Crippen molar-refractivity contribution in [3.8, 4) is 0 Å². The highest BCUT2D eigenvalue weighted by Gasteiger charge is 2.57. The molecule has 94 valence electrons. The first-order chi connectivity index (χ1) is 7.22. The number of hydrogen-bond acceptors (Lipinski definition) is 3. The van der Waals surface area contributed by atoms with Crippen LogP contribution >= 0.6 is 0 Å². The first-order valence-corrected chi connectivity index (χ1v) is 7.37. The Labute approximate surface area is 94.7 Å². The van der Waals surface area contributed by atoms with Crippen molar-refractivity contribution >= 4 is 9.84 Å². The molecule has 2 heterocycles. The van der Waals surface area contributed by atoms with E-state index in [9.17, 15) is 17.2 Å². The van der Waals surface area contributed by atoms with E-state index < -0.39 is 27.6 Å². The van der Waals surface area contributed by atoms with Gasteiger partial charge in [0, 0.05) is 31.0 Å². The van der Waals surface area contributed by atoms with E-state index in [1.807, 2.05) is 18.7 Å². The van der Waals surface area contributed by atoms with E-state index in [0.29, 0.717) is 0 Å². The summed E-state index contributed by atoms with van der Waals surface area (Å²) in [6.45, 7) is 4.29. The van der Waals surface area contributed by atoms with Gasteiger partial charge in [-0.3, -0.25) is 4.90 Å². The molecule has 0 aromatic rings. The van der Waals surface area contributed by atoms with Crippen molar-refractivity contribution in [1.29, 1.82) is 0 Å². The molecular weight excluding hydrogens is 236 g/mol. The maximum Gasteiger partial charge on any atom is 0.258 e. The van der Waals surface area contributed by atoms with Crippen molar-refractivity contribution in [3.63, 3.8) is 0 Å². The molecule has 0 radical (unpaired) electrons. The highest BCUT2D eigenvalue weighted by molar-refractivity contribution is 7.91. The number of nitrogens with zero attached hydrogens (tertiary/aromatic N) is 1. The summed E-state index contributed by atoms with van der Waals surface area (Å²) in [6, 6.07) is 0.196. The molecule has 2 bridgehead atoms. The molecule has 2 aliphatic heterocycles. The molecule has 2 atom stereocenters. The van der Waals surface area contributed by atoms with Gasteiger partial charge < -0.3 is 0 Å². The van der Waals surface area contributed by atoms with E-state index in [0.717, 1.165) is 0 Å². The van der Waals surface area contributed by atoms with Crippen LogP contribution in [0.2, 0.25) is 0 Å². The lowest BCUT2D eigenvalue weighted by Gasteiger charge is -2.47. The van der Waals surface area contributed by atoms with Gasteiger partial charge in [-0.2, -0.15) is 0 Å². The molecule has 0 spiro atoms. The predicted octanol–water partition coefficient (Wildman–Crippen LogP) is 1.01. The van der Waals surface area contributed by atoms with Gasteiger partial charge in [-0.05, 0) is 13.8 Å². The molecule has 2 aliphatic rings. The molecular formula is C10H17F2NO2S. The average molecular weight is 253 g/mol. The van der Waals surface area contributed by atoms with Gasteiger partial charge in [0.15, 0.2) is 9.84 Å². The van der Waals surface area contributed by atoms with Gasteiger partial charge in [-0.15, -0.1) is 0 Å². The summed E-state index contributed by atoms with van der Waals surface area (Å²) in [5.74, 6) is -5.57. The number of sulfone groups is 1. The Bertz CT molecular complexity index is 356. The third kappa shape index (κ3) is 1.97. The zero-order valence-corrected chi connectivity index (χ0v) is 10.3. The van der Waals surface area contributed by atoms with Gasteiger partial charge in [-0.25, -0.2) is 17.2 Å². The fraction of sp³-hybridized carbons (Fsp3) is 1.00. The van der Waals surface area contributed by atoms with Crippen LogP contribution in [0.5, 0.6) is 0 Å². The van der Waals surface area contributed by atoms with E-state index in [2.05, 4.69) is 0 Å². The van der Waals surface area contributed by atoms with Crippen LogP contribution < -0.4 is 0 Å². The minimum Gasteiger partial charge on any atom is -0.300 e. The van der Waals surface area contributed by atoms with E-state index >= 15 is 0 Å². The summed E-state index contributed by atoms with van der Waals surface area (Å²) in [5.41, 5.74) is 0. The van der Waals surface area contributed by atoms with Crippen LogP contribution in [0.3, 0.4) is 0 Å². The fourth-order valence-electron chi connectivity index (χ4n) is 2.65. The zero-order valence-electron chi connectivity index (χ0n) is 9.49. The standard InChI is InChI=1S/C10H17F2NO2S/c1-7(2)13-3-8-5-16(14,15)6-9(4-13)10(8,11)12/h7-9H,3-6H2,1-2H3. The molecule has 0 aromatic heterocycles.